The maximum atomic E-state index is 13.2. The van der Waals surface area contributed by atoms with Gasteiger partial charge in [-0.15, -0.1) is 0 Å². The summed E-state index contributed by atoms with van der Waals surface area (Å²) in [5, 5.41) is 2.62. The van der Waals surface area contributed by atoms with Crippen molar-refractivity contribution in [1.29, 1.82) is 0 Å². The molecule has 7 heteroatoms. The number of fused-ring (bicyclic) bond motifs is 1. The Morgan fingerprint density at radius 1 is 1.00 bits per heavy atom. The average molecular weight is 417 g/mol. The molecule has 4 rings (SSSR count). The van der Waals surface area contributed by atoms with E-state index in [4.69, 9.17) is 4.42 Å². The fourth-order valence-corrected chi connectivity index (χ4v) is 3.99. The molecule has 0 saturated carbocycles. The molecule has 0 radical (unpaired) electrons. The van der Waals surface area contributed by atoms with E-state index >= 15 is 0 Å². The van der Waals surface area contributed by atoms with Crippen molar-refractivity contribution in [3.63, 3.8) is 0 Å². The van der Waals surface area contributed by atoms with E-state index in [0.29, 0.717) is 23.5 Å². The molecule has 2 aromatic carbocycles. The Morgan fingerprint density at radius 3 is 2.45 bits per heavy atom. The van der Waals surface area contributed by atoms with Gasteiger partial charge in [-0.05, 0) is 54.4 Å². The van der Waals surface area contributed by atoms with Crippen LogP contribution in [0.1, 0.15) is 34.8 Å². The van der Waals surface area contributed by atoms with Crippen molar-refractivity contribution in [2.75, 3.05) is 23.4 Å². The molecule has 31 heavy (non-hydrogen) atoms. The molecule has 0 fully saturated rings. The number of amides is 3. The number of carbonyl (C=O) groups excluding carboxylic acids is 3. The second kappa shape index (κ2) is 8.10. The van der Waals surface area contributed by atoms with Crippen LogP contribution in [0.15, 0.2) is 65.3 Å². The van der Waals surface area contributed by atoms with Crippen LogP contribution in [0.5, 0.6) is 0 Å². The van der Waals surface area contributed by atoms with Crippen molar-refractivity contribution in [3.8, 4) is 11.1 Å². The van der Waals surface area contributed by atoms with Crippen LogP contribution in [-0.4, -0.2) is 37.4 Å². The Balaban J connectivity index is 1.83. The predicted molar refractivity (Wildman–Crippen MR) is 118 cm³/mol. The van der Waals surface area contributed by atoms with E-state index in [1.54, 1.807) is 41.1 Å². The predicted octanol–water partition coefficient (Wildman–Crippen LogP) is 3.71. The lowest BCUT2D eigenvalue weighted by atomic mass is 9.99. The summed E-state index contributed by atoms with van der Waals surface area (Å²) in [5.74, 6) is -0.293. The van der Waals surface area contributed by atoms with Gasteiger partial charge in [-0.2, -0.15) is 0 Å². The largest absolute Gasteiger partial charge is 0.459 e. The molecule has 1 aliphatic rings. The van der Waals surface area contributed by atoms with Gasteiger partial charge in [0.1, 0.15) is 0 Å². The molecule has 7 nitrogen and oxygen atoms in total. The van der Waals surface area contributed by atoms with Crippen molar-refractivity contribution in [3.05, 3.63) is 72.2 Å². The number of furan rings is 1. The summed E-state index contributed by atoms with van der Waals surface area (Å²) < 4.78 is 5.33. The molecule has 1 aromatic heterocycles. The first-order valence-corrected chi connectivity index (χ1v) is 10.0. The van der Waals surface area contributed by atoms with Gasteiger partial charge in [0.2, 0.25) is 5.91 Å². The van der Waals surface area contributed by atoms with E-state index in [1.165, 1.54) is 13.2 Å². The van der Waals surface area contributed by atoms with Gasteiger partial charge >= 0.3 is 0 Å². The third-order valence-electron chi connectivity index (χ3n) is 5.41. The number of rotatable bonds is 3. The summed E-state index contributed by atoms with van der Waals surface area (Å²) in [6.07, 6.45) is 1.46. The second-order valence-electron chi connectivity index (χ2n) is 7.49. The molecular weight excluding hydrogens is 394 g/mol. The zero-order chi connectivity index (χ0) is 22.1. The fraction of sp³-hybridized carbons (Fsp3) is 0.208. The van der Waals surface area contributed by atoms with Crippen LogP contribution in [0.2, 0.25) is 0 Å². The molecule has 0 aliphatic carbocycles. The summed E-state index contributed by atoms with van der Waals surface area (Å²) in [6.45, 7) is 3.77. The SMILES string of the molecule is CNC(=O)c1cccc(-c2ccc3c(c2)N(C(=O)c2ccco2)CC(C)N3C(C)=O)c1. The highest BCUT2D eigenvalue weighted by Crippen LogP contribution is 2.39. The number of hydrogen-bond donors (Lipinski definition) is 1. The zero-order valence-electron chi connectivity index (χ0n) is 17.6. The van der Waals surface area contributed by atoms with Gasteiger partial charge in [-0.3, -0.25) is 14.4 Å². The van der Waals surface area contributed by atoms with Crippen molar-refractivity contribution in [2.24, 2.45) is 0 Å². The summed E-state index contributed by atoms with van der Waals surface area (Å²) in [4.78, 5) is 40.9. The minimum absolute atomic E-state index is 0.0896. The van der Waals surface area contributed by atoms with Crippen molar-refractivity contribution in [1.82, 2.24) is 5.32 Å². The number of nitrogens with one attached hydrogen (secondary N) is 1. The van der Waals surface area contributed by atoms with Crippen LogP contribution in [-0.2, 0) is 4.79 Å². The number of hydrogen-bond acceptors (Lipinski definition) is 4. The number of benzene rings is 2. The Labute approximate surface area is 180 Å². The molecule has 0 bridgehead atoms. The summed E-state index contributed by atoms with van der Waals surface area (Å²) in [6, 6.07) is 16.0. The molecule has 3 amide bonds. The molecule has 1 unspecified atom stereocenters. The van der Waals surface area contributed by atoms with Gasteiger partial charge in [0, 0.05) is 26.1 Å². The fourth-order valence-electron chi connectivity index (χ4n) is 3.99. The molecule has 1 atom stereocenters. The molecule has 158 valence electrons. The normalized spacial score (nSPS) is 15.4. The summed E-state index contributed by atoms with van der Waals surface area (Å²) >= 11 is 0. The Morgan fingerprint density at radius 2 is 1.77 bits per heavy atom. The molecule has 1 aliphatic heterocycles. The first kappa shape index (κ1) is 20.4. The van der Waals surface area contributed by atoms with Gasteiger partial charge in [0.15, 0.2) is 5.76 Å². The second-order valence-corrected chi connectivity index (χ2v) is 7.49. The maximum absolute atomic E-state index is 13.2. The van der Waals surface area contributed by atoms with Crippen molar-refractivity contribution in [2.45, 2.75) is 19.9 Å². The zero-order valence-corrected chi connectivity index (χ0v) is 17.6. The smallest absolute Gasteiger partial charge is 0.294 e. The van der Waals surface area contributed by atoms with E-state index in [9.17, 15) is 14.4 Å². The van der Waals surface area contributed by atoms with Gasteiger partial charge in [0.25, 0.3) is 11.8 Å². The Hall–Kier alpha value is -3.87. The van der Waals surface area contributed by atoms with Crippen LogP contribution in [0.4, 0.5) is 11.4 Å². The van der Waals surface area contributed by atoms with Crippen molar-refractivity contribution < 1.29 is 18.8 Å². The highest BCUT2D eigenvalue weighted by molar-refractivity contribution is 6.10. The highest BCUT2D eigenvalue weighted by Gasteiger charge is 2.35. The molecule has 2 heterocycles. The summed E-state index contributed by atoms with van der Waals surface area (Å²) in [7, 11) is 1.59. The third kappa shape index (κ3) is 3.70. The molecular formula is C24H23N3O4. The minimum Gasteiger partial charge on any atom is -0.459 e. The quantitative estimate of drug-likeness (QED) is 0.704. The highest BCUT2D eigenvalue weighted by atomic mass is 16.3. The minimum atomic E-state index is -0.266. The Bertz CT molecular complexity index is 1150. The van der Waals surface area contributed by atoms with E-state index < -0.39 is 0 Å². The van der Waals surface area contributed by atoms with Gasteiger partial charge in [-0.25, -0.2) is 0 Å². The maximum Gasteiger partial charge on any atom is 0.294 e. The van der Waals surface area contributed by atoms with E-state index in [-0.39, 0.29) is 29.5 Å². The third-order valence-corrected chi connectivity index (χ3v) is 5.41. The average Bonchev–Trinajstić information content (AvgIpc) is 3.32. The monoisotopic (exact) mass is 417 g/mol. The van der Waals surface area contributed by atoms with Crippen LogP contribution >= 0.6 is 0 Å². The number of nitrogens with zero attached hydrogens (tertiary/aromatic N) is 2. The first-order chi connectivity index (χ1) is 14.9. The standard InChI is InChI=1S/C24H23N3O4/c1-15-14-26(24(30)22-8-5-11-31-22)21-13-18(9-10-20(21)27(15)16(2)28)17-6-4-7-19(12-17)23(29)25-3/h4-13,15H,14H2,1-3H3,(H,25,29). The lowest BCUT2D eigenvalue weighted by Gasteiger charge is -2.40. The van der Waals surface area contributed by atoms with Gasteiger partial charge < -0.3 is 19.5 Å². The van der Waals surface area contributed by atoms with Crippen LogP contribution < -0.4 is 15.1 Å². The van der Waals surface area contributed by atoms with Crippen LogP contribution in [0.25, 0.3) is 11.1 Å². The van der Waals surface area contributed by atoms with Crippen LogP contribution in [0.3, 0.4) is 0 Å². The van der Waals surface area contributed by atoms with E-state index in [1.807, 2.05) is 37.3 Å². The molecule has 1 N–H and O–H groups in total. The lowest BCUT2D eigenvalue weighted by molar-refractivity contribution is -0.117. The number of carbonyl (C=O) groups is 3. The van der Waals surface area contributed by atoms with Gasteiger partial charge in [-0.1, -0.05) is 18.2 Å². The number of anilines is 2. The topological polar surface area (TPSA) is 82.9 Å². The van der Waals surface area contributed by atoms with E-state index in [2.05, 4.69) is 5.32 Å². The molecule has 0 saturated heterocycles. The van der Waals surface area contributed by atoms with Crippen LogP contribution in [0, 0.1) is 0 Å². The lowest BCUT2D eigenvalue weighted by Crippen LogP contribution is -2.51. The Kier molecular flexibility index (Phi) is 5.33. The summed E-state index contributed by atoms with van der Waals surface area (Å²) in [5.41, 5.74) is 3.50. The van der Waals surface area contributed by atoms with Gasteiger partial charge in [0.05, 0.1) is 23.7 Å². The van der Waals surface area contributed by atoms with E-state index in [0.717, 1.165) is 11.1 Å². The van der Waals surface area contributed by atoms with Crippen molar-refractivity contribution >= 4 is 29.1 Å². The molecule has 0 spiro atoms. The first-order valence-electron chi connectivity index (χ1n) is 10.0. The molecule has 3 aromatic rings.